The minimum Gasteiger partial charge on any atom is -0.391 e. The molecule has 0 spiro atoms. The maximum Gasteiger partial charge on any atom is 0.194 e. The molecule has 3 aromatic carbocycles. The van der Waals surface area contributed by atoms with Crippen molar-refractivity contribution in [2.24, 2.45) is 0 Å². The van der Waals surface area contributed by atoms with Crippen LogP contribution in [-0.4, -0.2) is 5.11 Å². The maximum absolute atomic E-state index is 15.2. The number of hydrogen-bond donors (Lipinski definition) is 1. The van der Waals surface area contributed by atoms with E-state index < -0.39 is 41.3 Å². The highest BCUT2D eigenvalue weighted by Gasteiger charge is 2.22. The van der Waals surface area contributed by atoms with Crippen molar-refractivity contribution >= 4 is 0 Å². The molecule has 0 atom stereocenters. The lowest BCUT2D eigenvalue weighted by molar-refractivity contribution is 0.269. The van der Waals surface area contributed by atoms with Gasteiger partial charge in [-0.05, 0) is 53.3 Å². The topological polar surface area (TPSA) is 20.2 Å². The molecular formula is C25H23F5O. The van der Waals surface area contributed by atoms with Crippen molar-refractivity contribution in [1.82, 2.24) is 0 Å². The van der Waals surface area contributed by atoms with Crippen molar-refractivity contribution in [1.29, 1.82) is 0 Å². The van der Waals surface area contributed by atoms with Gasteiger partial charge in [0.2, 0.25) is 0 Å². The van der Waals surface area contributed by atoms with Gasteiger partial charge in [-0.3, -0.25) is 0 Å². The molecule has 0 unspecified atom stereocenters. The molecule has 3 aromatic rings. The van der Waals surface area contributed by atoms with E-state index in [1.54, 1.807) is 12.1 Å². The van der Waals surface area contributed by atoms with E-state index in [4.69, 9.17) is 0 Å². The molecule has 164 valence electrons. The molecule has 0 saturated carbocycles. The summed E-state index contributed by atoms with van der Waals surface area (Å²) in [5.74, 6) is -6.67. The fourth-order valence-corrected chi connectivity index (χ4v) is 3.62. The lowest BCUT2D eigenvalue weighted by Gasteiger charge is -2.16. The normalized spacial score (nSPS) is 11.2. The zero-order valence-corrected chi connectivity index (χ0v) is 17.1. The van der Waals surface area contributed by atoms with Crippen molar-refractivity contribution in [3.8, 4) is 22.3 Å². The number of hydrogen-bond acceptors (Lipinski definition) is 1. The Kier molecular flexibility index (Phi) is 7.44. The lowest BCUT2D eigenvalue weighted by Crippen LogP contribution is -2.02. The Morgan fingerprint density at radius 3 is 1.94 bits per heavy atom. The van der Waals surface area contributed by atoms with Crippen LogP contribution < -0.4 is 0 Å². The summed E-state index contributed by atoms with van der Waals surface area (Å²) in [4.78, 5) is 0. The Morgan fingerprint density at radius 2 is 1.35 bits per heavy atom. The molecule has 31 heavy (non-hydrogen) atoms. The van der Waals surface area contributed by atoms with Crippen molar-refractivity contribution < 1.29 is 27.1 Å². The van der Waals surface area contributed by atoms with Gasteiger partial charge in [-0.15, -0.1) is 0 Å². The van der Waals surface area contributed by atoms with Gasteiger partial charge in [0.25, 0.3) is 0 Å². The van der Waals surface area contributed by atoms with Gasteiger partial charge in [0.1, 0.15) is 11.6 Å². The quantitative estimate of drug-likeness (QED) is 0.224. The van der Waals surface area contributed by atoms with E-state index in [2.05, 4.69) is 6.92 Å². The van der Waals surface area contributed by atoms with Crippen LogP contribution in [0.1, 0.15) is 43.7 Å². The highest BCUT2D eigenvalue weighted by molar-refractivity contribution is 5.84. The number of benzene rings is 3. The van der Waals surface area contributed by atoms with Gasteiger partial charge in [0.15, 0.2) is 17.5 Å². The zero-order chi connectivity index (χ0) is 22.5. The van der Waals surface area contributed by atoms with Gasteiger partial charge < -0.3 is 5.11 Å². The zero-order valence-electron chi connectivity index (χ0n) is 17.1. The molecule has 0 heterocycles. The average Bonchev–Trinajstić information content (AvgIpc) is 2.75. The first-order valence-electron chi connectivity index (χ1n) is 10.2. The van der Waals surface area contributed by atoms with Crippen LogP contribution in [-0.2, 0) is 13.0 Å². The molecule has 6 heteroatoms. The molecule has 0 aliphatic carbocycles. The van der Waals surface area contributed by atoms with Gasteiger partial charge in [-0.25, -0.2) is 22.0 Å². The molecule has 0 saturated heterocycles. The van der Waals surface area contributed by atoms with E-state index >= 15 is 4.39 Å². The van der Waals surface area contributed by atoms with Gasteiger partial charge in [0.05, 0.1) is 6.61 Å². The van der Waals surface area contributed by atoms with Crippen LogP contribution in [0.15, 0.2) is 42.5 Å². The van der Waals surface area contributed by atoms with Crippen molar-refractivity contribution in [2.75, 3.05) is 0 Å². The van der Waals surface area contributed by atoms with E-state index in [9.17, 15) is 22.7 Å². The third-order valence-electron chi connectivity index (χ3n) is 5.33. The molecule has 3 rings (SSSR count). The molecule has 1 N–H and O–H groups in total. The predicted octanol–water partition coefficient (Wildman–Crippen LogP) is 7.33. The van der Waals surface area contributed by atoms with Crippen molar-refractivity contribution in [3.63, 3.8) is 0 Å². The van der Waals surface area contributed by atoms with Gasteiger partial charge >= 0.3 is 0 Å². The summed E-state index contributed by atoms with van der Waals surface area (Å²) >= 11 is 0. The Morgan fingerprint density at radius 1 is 0.710 bits per heavy atom. The highest BCUT2D eigenvalue weighted by atomic mass is 19.2. The van der Waals surface area contributed by atoms with Crippen LogP contribution in [0.2, 0.25) is 0 Å². The van der Waals surface area contributed by atoms with Gasteiger partial charge in [0, 0.05) is 11.1 Å². The summed E-state index contributed by atoms with van der Waals surface area (Å²) in [6.07, 6.45) is 5.26. The number of unbranched alkanes of at least 4 members (excludes halogenated alkanes) is 3. The summed E-state index contributed by atoms with van der Waals surface area (Å²) in [6, 6.07) is 9.21. The van der Waals surface area contributed by atoms with Crippen LogP contribution in [0.5, 0.6) is 0 Å². The third-order valence-corrected chi connectivity index (χ3v) is 5.33. The second-order valence-corrected chi connectivity index (χ2v) is 7.49. The molecular weight excluding hydrogens is 411 g/mol. The van der Waals surface area contributed by atoms with E-state index in [-0.39, 0.29) is 16.7 Å². The fourth-order valence-electron chi connectivity index (χ4n) is 3.62. The van der Waals surface area contributed by atoms with Crippen molar-refractivity contribution in [3.05, 3.63) is 82.7 Å². The molecule has 0 bridgehead atoms. The van der Waals surface area contributed by atoms with E-state index in [0.29, 0.717) is 17.7 Å². The molecule has 0 aliphatic heterocycles. The number of halogens is 5. The number of aryl methyl sites for hydroxylation is 1. The fraction of sp³-hybridized carbons (Fsp3) is 0.280. The smallest absolute Gasteiger partial charge is 0.194 e. The SMILES string of the molecule is CCCCCCc1ccc(-c2c(-c3cc(F)c(F)c(F)c3)cc(F)c(CO)c2F)cc1. The molecule has 1 nitrogen and oxygen atoms in total. The Bertz CT molecular complexity index is 1040. The molecule has 0 aliphatic rings. The summed E-state index contributed by atoms with van der Waals surface area (Å²) < 4.78 is 70.5. The first-order chi connectivity index (χ1) is 14.9. The minimum atomic E-state index is -1.66. The standard InChI is InChI=1S/C25H23F5O/c1-2-3-4-5-6-15-7-9-16(10-8-15)23-18(13-20(26)19(14-31)24(23)29)17-11-21(27)25(30)22(28)12-17/h7-13,31H,2-6,14H2,1H3. The molecule has 0 radical (unpaired) electrons. The predicted molar refractivity (Wildman–Crippen MR) is 111 cm³/mol. The Hall–Kier alpha value is -2.73. The lowest BCUT2D eigenvalue weighted by atomic mass is 9.91. The first kappa shape index (κ1) is 22.9. The number of aliphatic hydroxyl groups is 1. The van der Waals surface area contributed by atoms with Crippen LogP contribution in [0.3, 0.4) is 0 Å². The molecule has 0 fully saturated rings. The second kappa shape index (κ2) is 10.1. The van der Waals surface area contributed by atoms with Crippen LogP contribution >= 0.6 is 0 Å². The van der Waals surface area contributed by atoms with Gasteiger partial charge in [-0.1, -0.05) is 50.5 Å². The molecule has 0 amide bonds. The van der Waals surface area contributed by atoms with Crippen LogP contribution in [0.4, 0.5) is 22.0 Å². The highest BCUT2D eigenvalue weighted by Crippen LogP contribution is 2.38. The second-order valence-electron chi connectivity index (χ2n) is 7.49. The third kappa shape index (κ3) is 4.96. The van der Waals surface area contributed by atoms with Crippen LogP contribution in [0, 0.1) is 29.1 Å². The monoisotopic (exact) mass is 434 g/mol. The largest absolute Gasteiger partial charge is 0.391 e. The van der Waals surface area contributed by atoms with E-state index in [1.807, 2.05) is 12.1 Å². The minimum absolute atomic E-state index is 0.117. The number of rotatable bonds is 8. The summed E-state index contributed by atoms with van der Waals surface area (Å²) in [5, 5.41) is 9.39. The summed E-state index contributed by atoms with van der Waals surface area (Å²) in [5.41, 5.74) is 0.381. The first-order valence-corrected chi connectivity index (χ1v) is 10.2. The maximum atomic E-state index is 15.2. The Balaban J connectivity index is 2.09. The van der Waals surface area contributed by atoms with Crippen LogP contribution in [0.25, 0.3) is 22.3 Å². The number of aliphatic hydroxyl groups excluding tert-OH is 1. The van der Waals surface area contributed by atoms with E-state index in [0.717, 1.165) is 43.7 Å². The van der Waals surface area contributed by atoms with E-state index in [1.165, 1.54) is 0 Å². The van der Waals surface area contributed by atoms with Gasteiger partial charge in [-0.2, -0.15) is 0 Å². The average molecular weight is 434 g/mol. The summed E-state index contributed by atoms with van der Waals surface area (Å²) in [7, 11) is 0. The van der Waals surface area contributed by atoms with Crippen molar-refractivity contribution in [2.45, 2.75) is 45.6 Å². The molecule has 0 aromatic heterocycles. The summed E-state index contributed by atoms with van der Waals surface area (Å²) in [6.45, 7) is 1.25. The Labute approximate surface area is 178 Å².